The van der Waals surface area contributed by atoms with Crippen molar-refractivity contribution in [1.82, 2.24) is 9.55 Å². The summed E-state index contributed by atoms with van der Waals surface area (Å²) in [5, 5.41) is 1.47. The Morgan fingerprint density at radius 2 is 1.68 bits per heavy atom. The minimum Gasteiger partial charge on any atom is -0.322 e. The first-order valence-corrected chi connectivity index (χ1v) is 8.77. The summed E-state index contributed by atoms with van der Waals surface area (Å²) in [5.41, 5.74) is 2.13. The number of imidazole rings is 1. The van der Waals surface area contributed by atoms with E-state index in [9.17, 15) is 13.2 Å². The standard InChI is InChI=1S/C18H14ClF3N2S/c1-24-16(13-4-8-15(19)9-5-13)10-23-17(24)25-11-12-2-6-14(7-3-12)18(20,21)22/h2-10H,11H2,1H3. The Morgan fingerprint density at radius 3 is 2.28 bits per heavy atom. The van der Waals surface area contributed by atoms with Crippen molar-refractivity contribution >= 4 is 23.4 Å². The molecule has 25 heavy (non-hydrogen) atoms. The number of aromatic nitrogens is 2. The van der Waals surface area contributed by atoms with Crippen molar-refractivity contribution < 1.29 is 13.2 Å². The minimum absolute atomic E-state index is 0.545. The number of benzene rings is 2. The molecule has 7 heteroatoms. The summed E-state index contributed by atoms with van der Waals surface area (Å²) in [6.07, 6.45) is -2.53. The molecule has 0 radical (unpaired) electrons. The molecule has 0 aliphatic carbocycles. The predicted octanol–water partition coefficient (Wildman–Crippen LogP) is 6.05. The summed E-state index contributed by atoms with van der Waals surface area (Å²) in [7, 11) is 1.91. The zero-order valence-corrected chi connectivity index (χ0v) is 14.8. The Morgan fingerprint density at radius 1 is 1.04 bits per heavy atom. The Bertz CT molecular complexity index is 856. The number of alkyl halides is 3. The van der Waals surface area contributed by atoms with E-state index in [1.165, 1.54) is 23.9 Å². The van der Waals surface area contributed by atoms with Crippen molar-refractivity contribution in [2.24, 2.45) is 7.05 Å². The summed E-state index contributed by atoms with van der Waals surface area (Å²) in [5.74, 6) is 0.545. The minimum atomic E-state index is -4.31. The lowest BCUT2D eigenvalue weighted by Gasteiger charge is -2.08. The van der Waals surface area contributed by atoms with Crippen LogP contribution in [0.1, 0.15) is 11.1 Å². The first-order chi connectivity index (χ1) is 11.8. The Balaban J connectivity index is 1.71. The highest BCUT2D eigenvalue weighted by atomic mass is 35.5. The number of hydrogen-bond donors (Lipinski definition) is 0. The fourth-order valence-electron chi connectivity index (χ4n) is 2.35. The highest BCUT2D eigenvalue weighted by Crippen LogP contribution is 2.31. The van der Waals surface area contributed by atoms with Crippen molar-refractivity contribution in [2.75, 3.05) is 0 Å². The van der Waals surface area contributed by atoms with E-state index in [2.05, 4.69) is 4.98 Å². The second-order valence-electron chi connectivity index (χ2n) is 5.48. The summed E-state index contributed by atoms with van der Waals surface area (Å²) < 4.78 is 39.7. The number of rotatable bonds is 4. The molecule has 0 aliphatic rings. The molecule has 0 spiro atoms. The van der Waals surface area contributed by atoms with Crippen LogP contribution in [0.15, 0.2) is 59.9 Å². The molecule has 130 valence electrons. The van der Waals surface area contributed by atoms with Gasteiger partial charge < -0.3 is 4.57 Å². The molecule has 0 saturated heterocycles. The van der Waals surface area contributed by atoms with E-state index in [4.69, 9.17) is 11.6 Å². The SMILES string of the molecule is Cn1c(-c2ccc(Cl)cc2)cnc1SCc1ccc(C(F)(F)F)cc1. The molecule has 0 saturated carbocycles. The third-order valence-corrected chi connectivity index (χ3v) is 5.10. The highest BCUT2D eigenvalue weighted by Gasteiger charge is 2.29. The molecule has 0 N–H and O–H groups in total. The van der Waals surface area contributed by atoms with E-state index >= 15 is 0 Å². The monoisotopic (exact) mass is 382 g/mol. The summed E-state index contributed by atoms with van der Waals surface area (Å²) in [6.45, 7) is 0. The second-order valence-corrected chi connectivity index (χ2v) is 6.85. The maximum absolute atomic E-state index is 12.6. The first-order valence-electron chi connectivity index (χ1n) is 7.41. The van der Waals surface area contributed by atoms with Gasteiger partial charge in [0.15, 0.2) is 5.16 Å². The molecular formula is C18H14ClF3N2S. The molecule has 2 nitrogen and oxygen atoms in total. The quantitative estimate of drug-likeness (QED) is 0.511. The highest BCUT2D eigenvalue weighted by molar-refractivity contribution is 7.98. The van der Waals surface area contributed by atoms with Gasteiger partial charge in [-0.2, -0.15) is 13.2 Å². The van der Waals surface area contributed by atoms with E-state index in [0.717, 1.165) is 34.1 Å². The van der Waals surface area contributed by atoms with E-state index in [-0.39, 0.29) is 0 Å². The molecule has 0 atom stereocenters. The van der Waals surface area contributed by atoms with E-state index in [0.29, 0.717) is 10.8 Å². The van der Waals surface area contributed by atoms with Crippen molar-refractivity contribution in [2.45, 2.75) is 17.1 Å². The Labute approximate surface area is 152 Å². The van der Waals surface area contributed by atoms with E-state index < -0.39 is 11.7 Å². The summed E-state index contributed by atoms with van der Waals surface area (Å²) in [4.78, 5) is 4.40. The van der Waals surface area contributed by atoms with Crippen molar-refractivity contribution in [1.29, 1.82) is 0 Å². The average Bonchev–Trinajstić information content (AvgIpc) is 2.94. The molecule has 3 rings (SSSR count). The molecule has 0 unspecified atom stereocenters. The largest absolute Gasteiger partial charge is 0.416 e. The number of halogens is 4. The molecule has 2 aromatic carbocycles. The van der Waals surface area contributed by atoms with Gasteiger partial charge in [0.05, 0.1) is 17.5 Å². The average molecular weight is 383 g/mol. The van der Waals surface area contributed by atoms with Crippen LogP contribution < -0.4 is 0 Å². The third kappa shape index (κ3) is 4.19. The molecule has 0 bridgehead atoms. The van der Waals surface area contributed by atoms with Crippen LogP contribution in [0.25, 0.3) is 11.3 Å². The molecule has 3 aromatic rings. The van der Waals surface area contributed by atoms with Crippen molar-refractivity contribution in [3.8, 4) is 11.3 Å². The fourth-order valence-corrected chi connectivity index (χ4v) is 3.39. The van der Waals surface area contributed by atoms with Gasteiger partial charge in [0, 0.05) is 17.8 Å². The zero-order valence-electron chi connectivity index (χ0n) is 13.2. The topological polar surface area (TPSA) is 17.8 Å². The van der Waals surface area contributed by atoms with Crippen molar-refractivity contribution in [3.05, 3.63) is 70.9 Å². The third-order valence-electron chi connectivity index (χ3n) is 3.73. The molecule has 1 aromatic heterocycles. The molecule has 0 aliphatic heterocycles. The summed E-state index contributed by atoms with van der Waals surface area (Å²) in [6, 6.07) is 12.7. The van der Waals surface area contributed by atoms with Gasteiger partial charge in [0.1, 0.15) is 0 Å². The normalized spacial score (nSPS) is 11.7. The smallest absolute Gasteiger partial charge is 0.322 e. The van der Waals surface area contributed by atoms with Gasteiger partial charge in [-0.25, -0.2) is 4.98 Å². The number of hydrogen-bond acceptors (Lipinski definition) is 2. The van der Waals surface area contributed by atoms with E-state index in [1.54, 1.807) is 6.20 Å². The fraction of sp³-hybridized carbons (Fsp3) is 0.167. The van der Waals surface area contributed by atoms with E-state index in [1.807, 2.05) is 35.9 Å². The first kappa shape index (κ1) is 17.9. The van der Waals surface area contributed by atoms with Crippen LogP contribution in [0.5, 0.6) is 0 Å². The maximum Gasteiger partial charge on any atom is 0.416 e. The second kappa shape index (κ2) is 7.14. The van der Waals surface area contributed by atoms with Crippen LogP contribution in [0.4, 0.5) is 13.2 Å². The summed E-state index contributed by atoms with van der Waals surface area (Å²) >= 11 is 7.38. The van der Waals surface area contributed by atoms with Gasteiger partial charge in [-0.05, 0) is 35.4 Å². The molecule has 1 heterocycles. The number of thioether (sulfide) groups is 1. The Kier molecular flexibility index (Phi) is 5.11. The lowest BCUT2D eigenvalue weighted by Crippen LogP contribution is -2.04. The van der Waals surface area contributed by atoms with Gasteiger partial charge in [0.25, 0.3) is 0 Å². The van der Waals surface area contributed by atoms with Crippen LogP contribution in [0.2, 0.25) is 5.02 Å². The van der Waals surface area contributed by atoms with Crippen LogP contribution in [-0.4, -0.2) is 9.55 Å². The molecule has 0 fully saturated rings. The van der Waals surface area contributed by atoms with Gasteiger partial charge in [-0.3, -0.25) is 0 Å². The van der Waals surface area contributed by atoms with Crippen LogP contribution in [0.3, 0.4) is 0 Å². The van der Waals surface area contributed by atoms with Gasteiger partial charge >= 0.3 is 6.18 Å². The van der Waals surface area contributed by atoms with Gasteiger partial charge in [0.2, 0.25) is 0 Å². The maximum atomic E-state index is 12.6. The van der Waals surface area contributed by atoms with Gasteiger partial charge in [-0.1, -0.05) is 47.6 Å². The lowest BCUT2D eigenvalue weighted by molar-refractivity contribution is -0.137. The Hall–Kier alpha value is -1.92. The lowest BCUT2D eigenvalue weighted by atomic mass is 10.1. The van der Waals surface area contributed by atoms with Gasteiger partial charge in [-0.15, -0.1) is 0 Å². The molecular weight excluding hydrogens is 369 g/mol. The predicted molar refractivity (Wildman–Crippen MR) is 94.7 cm³/mol. The van der Waals surface area contributed by atoms with Crippen LogP contribution >= 0.6 is 23.4 Å². The zero-order chi connectivity index (χ0) is 18.0. The molecule has 0 amide bonds. The van der Waals surface area contributed by atoms with Crippen LogP contribution in [-0.2, 0) is 19.0 Å². The number of nitrogens with zero attached hydrogens (tertiary/aromatic N) is 2. The van der Waals surface area contributed by atoms with Crippen molar-refractivity contribution in [3.63, 3.8) is 0 Å². The van der Waals surface area contributed by atoms with Crippen LogP contribution in [0, 0.1) is 0 Å².